The molecule has 0 unspecified atom stereocenters. The lowest BCUT2D eigenvalue weighted by molar-refractivity contribution is -0.306. The highest BCUT2D eigenvalue weighted by Crippen LogP contribution is 2.08. The summed E-state index contributed by atoms with van der Waals surface area (Å²) in [6.07, 6.45) is 2.26. The average molecular weight is 156 g/mol. The molecule has 1 fully saturated rings. The summed E-state index contributed by atoms with van der Waals surface area (Å²) in [6, 6.07) is 0. The highest BCUT2D eigenvalue weighted by Gasteiger charge is 2.16. The van der Waals surface area contributed by atoms with Crippen LogP contribution in [0.15, 0.2) is 0 Å². The van der Waals surface area contributed by atoms with E-state index in [1.807, 2.05) is 0 Å². The van der Waals surface area contributed by atoms with Gasteiger partial charge in [-0.3, -0.25) is 4.79 Å². The number of carbonyl (C=O) groups is 2. The molecule has 62 valence electrons. The van der Waals surface area contributed by atoms with Crippen molar-refractivity contribution >= 4 is 11.9 Å². The van der Waals surface area contributed by atoms with Gasteiger partial charge in [-0.2, -0.15) is 0 Å². The molecule has 0 aromatic heterocycles. The first-order chi connectivity index (χ1) is 5.20. The summed E-state index contributed by atoms with van der Waals surface area (Å²) in [5.41, 5.74) is 0. The maximum absolute atomic E-state index is 11.0. The largest absolute Gasteiger partial charge is 0.548 e. The minimum Gasteiger partial charge on any atom is -0.548 e. The molecule has 1 aliphatic rings. The molecule has 1 aliphatic heterocycles. The molecule has 0 saturated carbocycles. The van der Waals surface area contributed by atoms with Gasteiger partial charge in [0.25, 0.3) is 0 Å². The monoisotopic (exact) mass is 156 g/mol. The molecule has 1 heterocycles. The van der Waals surface area contributed by atoms with Gasteiger partial charge >= 0.3 is 0 Å². The van der Waals surface area contributed by atoms with Gasteiger partial charge < -0.3 is 14.8 Å². The molecular formula is C7H10NO3-. The summed E-state index contributed by atoms with van der Waals surface area (Å²) >= 11 is 0. The molecule has 0 N–H and O–H groups in total. The molecule has 0 aromatic carbocycles. The predicted molar refractivity (Wildman–Crippen MR) is 35.4 cm³/mol. The fourth-order valence-electron chi connectivity index (χ4n) is 1.18. The first-order valence-corrected chi connectivity index (χ1v) is 3.68. The lowest BCUT2D eigenvalue weighted by Crippen LogP contribution is -2.43. The van der Waals surface area contributed by atoms with Crippen molar-refractivity contribution in [3.8, 4) is 0 Å². The van der Waals surface area contributed by atoms with Crippen LogP contribution >= 0.6 is 0 Å². The molecule has 11 heavy (non-hydrogen) atoms. The van der Waals surface area contributed by atoms with E-state index in [9.17, 15) is 14.7 Å². The SMILES string of the molecule is O=C([O-])CN1CCCCC1=O. The van der Waals surface area contributed by atoms with E-state index in [2.05, 4.69) is 0 Å². The van der Waals surface area contributed by atoms with Crippen molar-refractivity contribution in [2.45, 2.75) is 19.3 Å². The Labute approximate surface area is 64.8 Å². The minimum absolute atomic E-state index is 0.0690. The Kier molecular flexibility index (Phi) is 2.46. The zero-order valence-electron chi connectivity index (χ0n) is 6.21. The number of amides is 1. The lowest BCUT2D eigenvalue weighted by Gasteiger charge is -2.26. The normalized spacial score (nSPS) is 18.5. The zero-order chi connectivity index (χ0) is 8.27. The molecular weight excluding hydrogens is 146 g/mol. The number of rotatable bonds is 2. The van der Waals surface area contributed by atoms with E-state index in [1.165, 1.54) is 4.90 Å². The molecule has 1 rings (SSSR count). The van der Waals surface area contributed by atoms with Crippen molar-refractivity contribution in [3.05, 3.63) is 0 Å². The summed E-state index contributed by atoms with van der Waals surface area (Å²) in [6.45, 7) is 0.311. The first kappa shape index (κ1) is 8.04. The second kappa shape index (κ2) is 3.37. The Morgan fingerprint density at radius 2 is 2.27 bits per heavy atom. The van der Waals surface area contributed by atoms with Gasteiger partial charge in [0.15, 0.2) is 0 Å². The molecule has 0 aliphatic carbocycles. The van der Waals surface area contributed by atoms with E-state index in [-0.39, 0.29) is 12.5 Å². The third kappa shape index (κ3) is 2.22. The summed E-state index contributed by atoms with van der Waals surface area (Å²) in [4.78, 5) is 22.4. The molecule has 4 heteroatoms. The third-order valence-electron chi connectivity index (χ3n) is 1.74. The van der Waals surface area contributed by atoms with Crippen LogP contribution < -0.4 is 5.11 Å². The second-order valence-corrected chi connectivity index (χ2v) is 2.64. The van der Waals surface area contributed by atoms with Gasteiger partial charge in [-0.15, -0.1) is 0 Å². The van der Waals surface area contributed by atoms with Gasteiger partial charge in [-0.25, -0.2) is 0 Å². The van der Waals surface area contributed by atoms with Crippen molar-refractivity contribution in [1.82, 2.24) is 4.90 Å². The standard InChI is InChI=1S/C7H11NO3/c9-6-3-1-2-4-8(6)5-7(10)11/h1-5H2,(H,10,11)/p-1. The topological polar surface area (TPSA) is 60.4 Å². The second-order valence-electron chi connectivity index (χ2n) is 2.64. The number of carbonyl (C=O) groups excluding carboxylic acids is 2. The van der Waals surface area contributed by atoms with Crippen molar-refractivity contribution in [3.63, 3.8) is 0 Å². The van der Waals surface area contributed by atoms with E-state index >= 15 is 0 Å². The number of carboxylic acid groups (broad SMARTS) is 1. The molecule has 1 saturated heterocycles. The average Bonchev–Trinajstić information content (AvgIpc) is 1.93. The maximum Gasteiger partial charge on any atom is 0.222 e. The van der Waals surface area contributed by atoms with Crippen LogP contribution in [0, 0.1) is 0 Å². The Morgan fingerprint density at radius 1 is 1.55 bits per heavy atom. The molecule has 0 atom stereocenters. The number of piperidine rings is 1. The molecule has 0 aromatic rings. The summed E-state index contributed by atoms with van der Waals surface area (Å²) in [5.74, 6) is -1.25. The highest BCUT2D eigenvalue weighted by molar-refractivity contribution is 5.81. The van der Waals surface area contributed by atoms with Crippen LogP contribution in [-0.4, -0.2) is 29.9 Å². The van der Waals surface area contributed by atoms with Gasteiger partial charge in [0.1, 0.15) is 0 Å². The minimum atomic E-state index is -1.18. The quantitative estimate of drug-likeness (QED) is 0.502. The first-order valence-electron chi connectivity index (χ1n) is 3.68. The van der Waals surface area contributed by atoms with E-state index in [4.69, 9.17) is 0 Å². The molecule has 0 bridgehead atoms. The van der Waals surface area contributed by atoms with E-state index < -0.39 is 5.97 Å². The van der Waals surface area contributed by atoms with Crippen LogP contribution in [-0.2, 0) is 9.59 Å². The van der Waals surface area contributed by atoms with Crippen LogP contribution in [0.25, 0.3) is 0 Å². The van der Waals surface area contributed by atoms with Gasteiger partial charge in [0, 0.05) is 13.0 Å². The van der Waals surface area contributed by atoms with Crippen molar-refractivity contribution in [1.29, 1.82) is 0 Å². The number of likely N-dealkylation sites (tertiary alicyclic amines) is 1. The maximum atomic E-state index is 11.0. The summed E-state index contributed by atoms with van der Waals surface area (Å²) in [7, 11) is 0. The fraction of sp³-hybridized carbons (Fsp3) is 0.714. The third-order valence-corrected chi connectivity index (χ3v) is 1.74. The van der Waals surface area contributed by atoms with Crippen molar-refractivity contribution in [2.24, 2.45) is 0 Å². The van der Waals surface area contributed by atoms with Crippen LogP contribution in [0.4, 0.5) is 0 Å². The predicted octanol–water partition coefficient (Wildman–Crippen LogP) is -1.25. The van der Waals surface area contributed by atoms with Crippen molar-refractivity contribution in [2.75, 3.05) is 13.1 Å². The Hall–Kier alpha value is -1.06. The Balaban J connectivity index is 2.42. The van der Waals surface area contributed by atoms with Gasteiger partial charge in [0.2, 0.25) is 5.91 Å². The number of aliphatic carboxylic acids is 1. The number of carboxylic acids is 1. The number of nitrogens with zero attached hydrogens (tertiary/aromatic N) is 1. The molecule has 1 amide bonds. The van der Waals surface area contributed by atoms with Crippen LogP contribution in [0.2, 0.25) is 0 Å². The fourth-order valence-corrected chi connectivity index (χ4v) is 1.18. The van der Waals surface area contributed by atoms with Crippen molar-refractivity contribution < 1.29 is 14.7 Å². The molecule has 0 spiro atoms. The number of hydrogen-bond donors (Lipinski definition) is 0. The number of hydrogen-bond acceptors (Lipinski definition) is 3. The summed E-state index contributed by atoms with van der Waals surface area (Å²) < 4.78 is 0. The van der Waals surface area contributed by atoms with Crippen LogP contribution in [0.5, 0.6) is 0 Å². The summed E-state index contributed by atoms with van der Waals surface area (Å²) in [5, 5.41) is 10.1. The van der Waals surface area contributed by atoms with Gasteiger partial charge in [0.05, 0.1) is 12.5 Å². The highest BCUT2D eigenvalue weighted by atomic mass is 16.4. The van der Waals surface area contributed by atoms with E-state index in [0.717, 1.165) is 12.8 Å². The van der Waals surface area contributed by atoms with E-state index in [1.54, 1.807) is 0 Å². The van der Waals surface area contributed by atoms with Crippen LogP contribution in [0.3, 0.4) is 0 Å². The molecule has 4 nitrogen and oxygen atoms in total. The smallest absolute Gasteiger partial charge is 0.222 e. The lowest BCUT2D eigenvalue weighted by atomic mass is 10.1. The van der Waals surface area contributed by atoms with Gasteiger partial charge in [-0.05, 0) is 12.8 Å². The van der Waals surface area contributed by atoms with Gasteiger partial charge in [-0.1, -0.05) is 0 Å². The van der Waals surface area contributed by atoms with E-state index in [0.29, 0.717) is 13.0 Å². The van der Waals surface area contributed by atoms with Crippen LogP contribution in [0.1, 0.15) is 19.3 Å². The Bertz CT molecular complexity index is 179. The molecule has 0 radical (unpaired) electrons. The zero-order valence-corrected chi connectivity index (χ0v) is 6.21. The Morgan fingerprint density at radius 3 is 2.82 bits per heavy atom.